The molecule has 0 radical (unpaired) electrons. The van der Waals surface area contributed by atoms with Crippen molar-refractivity contribution in [2.45, 2.75) is 59.9 Å². The molecule has 0 N–H and O–H groups in total. The first-order chi connectivity index (χ1) is 14.4. The third-order valence-electron chi connectivity index (χ3n) is 5.68. The van der Waals surface area contributed by atoms with Gasteiger partial charge in [-0.1, -0.05) is 71.0 Å². The fraction of sp³-hybridized carbons (Fsp3) is 0.571. The van der Waals surface area contributed by atoms with Gasteiger partial charge in [0, 0.05) is 5.56 Å². The predicted molar refractivity (Wildman–Crippen MR) is 132 cm³/mol. The van der Waals surface area contributed by atoms with Crippen LogP contribution in [0.5, 0.6) is 5.75 Å². The number of ether oxygens (including phenoxy) is 2. The summed E-state index contributed by atoms with van der Waals surface area (Å²) in [6.45, 7) is 17.9. The number of hydrogen-bond donors (Lipinski definition) is 0. The molecule has 0 aliphatic carbocycles. The van der Waals surface area contributed by atoms with Crippen molar-refractivity contribution >= 4 is 0 Å². The molecule has 0 fully saturated rings. The number of quaternary nitrogens is 1. The Morgan fingerprint density at radius 1 is 0.844 bits per heavy atom. The summed E-state index contributed by atoms with van der Waals surface area (Å²) in [5.41, 5.74) is 4.77. The second-order valence-electron chi connectivity index (χ2n) is 11.4. The van der Waals surface area contributed by atoms with Crippen molar-refractivity contribution in [1.82, 2.24) is 0 Å². The molecule has 4 heteroatoms. The van der Waals surface area contributed by atoms with Gasteiger partial charge in [-0.2, -0.15) is 0 Å². The minimum Gasteiger partial charge on any atom is -1.00 e. The first kappa shape index (κ1) is 28.7. The van der Waals surface area contributed by atoms with Crippen molar-refractivity contribution < 1.29 is 30.9 Å². The van der Waals surface area contributed by atoms with Crippen LogP contribution in [0, 0.1) is 12.3 Å². The molecule has 2 rings (SSSR count). The summed E-state index contributed by atoms with van der Waals surface area (Å²) < 4.78 is 12.4. The highest BCUT2D eigenvalue weighted by Crippen LogP contribution is 2.37. The summed E-state index contributed by atoms with van der Waals surface area (Å²) in [5, 5.41) is 0. The standard InChI is InChI=1S/C28H44NO2.BrH/c1-23-20-24(14-15-26(23)28(5,6)22-27(2,3)4)21-29(7,8)16-17-30-18-19-31-25-12-10-9-11-13-25;/h9-15,20H,16-19,21-22H2,1-8H3;1H/q+1;/p-1. The maximum atomic E-state index is 5.82. The van der Waals surface area contributed by atoms with Gasteiger partial charge in [-0.15, -0.1) is 0 Å². The highest BCUT2D eigenvalue weighted by molar-refractivity contribution is 5.36. The van der Waals surface area contributed by atoms with Crippen molar-refractivity contribution in [3.8, 4) is 5.75 Å². The molecule has 0 saturated carbocycles. The number of rotatable bonds is 11. The Balaban J connectivity index is 0.00000512. The van der Waals surface area contributed by atoms with Gasteiger partial charge in [-0.25, -0.2) is 0 Å². The fourth-order valence-corrected chi connectivity index (χ4v) is 4.73. The van der Waals surface area contributed by atoms with E-state index in [1.165, 1.54) is 23.1 Å². The zero-order chi connectivity index (χ0) is 23.1. The molecule has 2 aromatic rings. The van der Waals surface area contributed by atoms with Gasteiger partial charge in [0.05, 0.1) is 27.3 Å². The quantitative estimate of drug-likeness (QED) is 0.344. The van der Waals surface area contributed by atoms with E-state index in [0.29, 0.717) is 18.6 Å². The van der Waals surface area contributed by atoms with E-state index in [0.717, 1.165) is 29.9 Å². The smallest absolute Gasteiger partial charge is 0.119 e. The van der Waals surface area contributed by atoms with Crippen LogP contribution in [0.25, 0.3) is 0 Å². The zero-order valence-electron chi connectivity index (χ0n) is 21.5. The van der Waals surface area contributed by atoms with Crippen LogP contribution in [0.1, 0.15) is 57.7 Å². The van der Waals surface area contributed by atoms with Crippen LogP contribution in [0.2, 0.25) is 0 Å². The van der Waals surface area contributed by atoms with Gasteiger partial charge in [0.1, 0.15) is 25.4 Å². The predicted octanol–water partition coefficient (Wildman–Crippen LogP) is 3.38. The maximum absolute atomic E-state index is 5.82. The number of likely N-dealkylation sites (N-methyl/N-ethyl adjacent to an activating group) is 1. The van der Waals surface area contributed by atoms with E-state index in [9.17, 15) is 0 Å². The average Bonchev–Trinajstić information content (AvgIpc) is 2.63. The van der Waals surface area contributed by atoms with E-state index >= 15 is 0 Å². The molecule has 0 atom stereocenters. The average molecular weight is 507 g/mol. The molecule has 3 nitrogen and oxygen atoms in total. The van der Waals surface area contributed by atoms with E-state index in [-0.39, 0.29) is 22.4 Å². The Morgan fingerprint density at radius 2 is 1.50 bits per heavy atom. The number of nitrogens with zero attached hydrogens (tertiary/aromatic N) is 1. The third kappa shape index (κ3) is 10.1. The number of para-hydroxylation sites is 1. The second-order valence-corrected chi connectivity index (χ2v) is 11.4. The Bertz CT molecular complexity index is 810. The lowest BCUT2D eigenvalue weighted by Crippen LogP contribution is -3.00. The van der Waals surface area contributed by atoms with Gasteiger partial charge < -0.3 is 30.9 Å². The largest absolute Gasteiger partial charge is 1.00 e. The lowest BCUT2D eigenvalue weighted by atomic mass is 9.71. The van der Waals surface area contributed by atoms with E-state index in [1.807, 2.05) is 30.3 Å². The molecule has 0 amide bonds. The molecule has 0 aromatic heterocycles. The lowest BCUT2D eigenvalue weighted by Gasteiger charge is -2.34. The molecule has 180 valence electrons. The van der Waals surface area contributed by atoms with Gasteiger partial charge >= 0.3 is 0 Å². The van der Waals surface area contributed by atoms with Gasteiger partial charge in [-0.05, 0) is 47.4 Å². The van der Waals surface area contributed by atoms with Crippen molar-refractivity contribution in [2.24, 2.45) is 5.41 Å². The minimum absolute atomic E-state index is 0. The summed E-state index contributed by atoms with van der Waals surface area (Å²) in [7, 11) is 4.55. The molecule has 0 aliphatic heterocycles. The van der Waals surface area contributed by atoms with Crippen LogP contribution in [-0.2, 0) is 16.7 Å². The molecule has 0 saturated heterocycles. The molecule has 0 spiro atoms. The van der Waals surface area contributed by atoms with Crippen LogP contribution in [0.4, 0.5) is 0 Å². The minimum atomic E-state index is 0. The number of halogens is 1. The summed E-state index contributed by atoms with van der Waals surface area (Å²) in [6.07, 6.45) is 1.17. The van der Waals surface area contributed by atoms with Crippen molar-refractivity contribution in [3.05, 3.63) is 65.2 Å². The molecule has 0 bridgehead atoms. The summed E-state index contributed by atoms with van der Waals surface area (Å²) in [4.78, 5) is 0. The SMILES string of the molecule is Cc1cc(C[N+](C)(C)CCOCCOc2ccccc2)ccc1C(C)(C)CC(C)(C)C.[Br-]. The first-order valence-corrected chi connectivity index (χ1v) is 11.6. The zero-order valence-corrected chi connectivity index (χ0v) is 23.1. The number of benzene rings is 2. The third-order valence-corrected chi connectivity index (χ3v) is 5.68. The highest BCUT2D eigenvalue weighted by atomic mass is 79.9. The van der Waals surface area contributed by atoms with E-state index < -0.39 is 0 Å². The van der Waals surface area contributed by atoms with Crippen molar-refractivity contribution in [1.29, 1.82) is 0 Å². The lowest BCUT2D eigenvalue weighted by molar-refractivity contribution is -0.904. The second kappa shape index (κ2) is 12.2. The monoisotopic (exact) mass is 505 g/mol. The molecule has 32 heavy (non-hydrogen) atoms. The van der Waals surface area contributed by atoms with E-state index in [4.69, 9.17) is 9.47 Å². The van der Waals surface area contributed by atoms with Crippen LogP contribution in [-0.4, -0.2) is 44.9 Å². The van der Waals surface area contributed by atoms with Crippen LogP contribution in [0.3, 0.4) is 0 Å². The number of aryl methyl sites for hydroxylation is 1. The van der Waals surface area contributed by atoms with Gasteiger partial charge in [0.15, 0.2) is 0 Å². The van der Waals surface area contributed by atoms with Gasteiger partial charge in [-0.3, -0.25) is 0 Å². The molecule has 0 unspecified atom stereocenters. The Hall–Kier alpha value is -1.36. The molecule has 0 aliphatic rings. The normalized spacial score (nSPS) is 12.4. The molecule has 0 heterocycles. The first-order valence-electron chi connectivity index (χ1n) is 11.6. The summed E-state index contributed by atoms with van der Waals surface area (Å²) in [6, 6.07) is 17.0. The van der Waals surface area contributed by atoms with Gasteiger partial charge in [0.25, 0.3) is 0 Å². The van der Waals surface area contributed by atoms with E-state index in [2.05, 4.69) is 73.8 Å². The van der Waals surface area contributed by atoms with E-state index in [1.54, 1.807) is 0 Å². The highest BCUT2D eigenvalue weighted by Gasteiger charge is 2.28. The Labute approximate surface area is 207 Å². The maximum Gasteiger partial charge on any atom is 0.119 e. The van der Waals surface area contributed by atoms with Crippen LogP contribution >= 0.6 is 0 Å². The fourth-order valence-electron chi connectivity index (χ4n) is 4.73. The molecular weight excluding hydrogens is 462 g/mol. The van der Waals surface area contributed by atoms with Gasteiger partial charge in [0.2, 0.25) is 0 Å². The van der Waals surface area contributed by atoms with Crippen molar-refractivity contribution in [2.75, 3.05) is 40.5 Å². The number of hydrogen-bond acceptors (Lipinski definition) is 2. The molecular formula is C28H44BrNO2. The topological polar surface area (TPSA) is 18.5 Å². The van der Waals surface area contributed by atoms with Crippen molar-refractivity contribution in [3.63, 3.8) is 0 Å². The molecule has 2 aromatic carbocycles. The summed E-state index contributed by atoms with van der Waals surface area (Å²) >= 11 is 0. The Morgan fingerprint density at radius 3 is 2.09 bits per heavy atom. The van der Waals surface area contributed by atoms with Crippen LogP contribution < -0.4 is 21.7 Å². The summed E-state index contributed by atoms with van der Waals surface area (Å²) in [5.74, 6) is 0.895. The van der Waals surface area contributed by atoms with Crippen LogP contribution in [0.15, 0.2) is 48.5 Å². The Kier molecular flexibility index (Phi) is 10.9.